The summed E-state index contributed by atoms with van der Waals surface area (Å²) in [6.07, 6.45) is 5.01. The summed E-state index contributed by atoms with van der Waals surface area (Å²) in [7, 11) is 0. The van der Waals surface area contributed by atoms with E-state index >= 15 is 0 Å². The third-order valence-corrected chi connectivity index (χ3v) is 5.94. The summed E-state index contributed by atoms with van der Waals surface area (Å²) in [6.45, 7) is 11.0. The summed E-state index contributed by atoms with van der Waals surface area (Å²) >= 11 is 0. The summed E-state index contributed by atoms with van der Waals surface area (Å²) in [5.41, 5.74) is 2.18. The minimum Gasteiger partial charge on any atom is -0.396 e. The monoisotopic (exact) mass is 465 g/mol. The minimum atomic E-state index is -0.688. The molecule has 1 aliphatic rings. The second kappa shape index (κ2) is 10.2. The predicted octanol–water partition coefficient (Wildman–Crippen LogP) is 3.63. The molecule has 4 rings (SSSR count). The zero-order chi connectivity index (χ0) is 24.3. The number of nitrogens with one attached hydrogen (secondary N) is 2. The molecule has 34 heavy (non-hydrogen) atoms. The van der Waals surface area contributed by atoms with Crippen molar-refractivity contribution in [1.29, 1.82) is 0 Å². The molecule has 0 amide bonds. The number of fused-ring (bicyclic) bond motifs is 1. The van der Waals surface area contributed by atoms with Gasteiger partial charge in [0.2, 0.25) is 5.95 Å². The van der Waals surface area contributed by atoms with Crippen molar-refractivity contribution in [2.24, 2.45) is 5.92 Å². The van der Waals surface area contributed by atoms with Crippen LogP contribution in [0.4, 0.5) is 17.6 Å². The second-order valence-electron chi connectivity index (χ2n) is 10.2. The van der Waals surface area contributed by atoms with Gasteiger partial charge in [-0.2, -0.15) is 0 Å². The lowest BCUT2D eigenvalue weighted by Gasteiger charge is -2.30. The maximum Gasteiger partial charge on any atom is 0.229 e. The van der Waals surface area contributed by atoms with Crippen LogP contribution in [0, 0.1) is 5.92 Å². The first-order valence-electron chi connectivity index (χ1n) is 11.9. The quantitative estimate of drug-likeness (QED) is 0.415. The fourth-order valence-electron chi connectivity index (χ4n) is 4.07. The predicted molar refractivity (Wildman–Crippen MR) is 134 cm³/mol. The van der Waals surface area contributed by atoms with Crippen LogP contribution in [0.5, 0.6) is 0 Å². The maximum atomic E-state index is 10.0. The average Bonchev–Trinajstić information content (AvgIpc) is 2.80. The smallest absolute Gasteiger partial charge is 0.229 e. The highest BCUT2D eigenvalue weighted by atomic mass is 16.3. The molecule has 1 fully saturated rings. The van der Waals surface area contributed by atoms with E-state index in [1.807, 2.05) is 18.3 Å². The molecule has 9 heteroatoms. The zero-order valence-corrected chi connectivity index (χ0v) is 20.4. The van der Waals surface area contributed by atoms with Crippen molar-refractivity contribution < 1.29 is 10.2 Å². The lowest BCUT2D eigenvalue weighted by atomic mass is 9.98. The van der Waals surface area contributed by atoms with E-state index < -0.39 is 6.10 Å². The molecule has 4 heterocycles. The number of nitrogens with zero attached hydrogens (tertiary/aromatic N) is 5. The van der Waals surface area contributed by atoms with Gasteiger partial charge in [0.15, 0.2) is 5.82 Å². The number of piperidine rings is 1. The number of hydrogen-bond acceptors (Lipinski definition) is 9. The lowest BCUT2D eigenvalue weighted by molar-refractivity contribution is 0.127. The molecular weight excluding hydrogens is 430 g/mol. The number of aliphatic hydroxyl groups is 2. The third-order valence-electron chi connectivity index (χ3n) is 5.94. The first kappa shape index (κ1) is 24.3. The van der Waals surface area contributed by atoms with Gasteiger partial charge >= 0.3 is 0 Å². The molecule has 1 unspecified atom stereocenters. The van der Waals surface area contributed by atoms with E-state index in [1.54, 1.807) is 13.1 Å². The summed E-state index contributed by atoms with van der Waals surface area (Å²) in [5.74, 6) is 2.15. The van der Waals surface area contributed by atoms with Crippen LogP contribution in [-0.2, 0) is 6.54 Å². The van der Waals surface area contributed by atoms with Crippen LogP contribution in [0.25, 0.3) is 10.9 Å². The largest absolute Gasteiger partial charge is 0.396 e. The van der Waals surface area contributed by atoms with Crippen molar-refractivity contribution in [2.75, 3.05) is 30.3 Å². The van der Waals surface area contributed by atoms with Crippen LogP contribution in [0.2, 0.25) is 0 Å². The highest BCUT2D eigenvalue weighted by Crippen LogP contribution is 2.27. The molecule has 1 atom stereocenters. The van der Waals surface area contributed by atoms with E-state index in [0.29, 0.717) is 34.7 Å². The molecule has 0 spiro atoms. The van der Waals surface area contributed by atoms with Gasteiger partial charge in [-0.1, -0.05) is 6.07 Å². The van der Waals surface area contributed by atoms with E-state index in [9.17, 15) is 10.2 Å². The van der Waals surface area contributed by atoms with Crippen molar-refractivity contribution in [3.05, 3.63) is 41.9 Å². The van der Waals surface area contributed by atoms with E-state index in [4.69, 9.17) is 0 Å². The van der Waals surface area contributed by atoms with Gasteiger partial charge in [-0.25, -0.2) is 19.9 Å². The van der Waals surface area contributed by atoms with Gasteiger partial charge < -0.3 is 20.8 Å². The van der Waals surface area contributed by atoms with Crippen LogP contribution in [-0.4, -0.2) is 60.3 Å². The lowest BCUT2D eigenvalue weighted by Crippen LogP contribution is -2.34. The third kappa shape index (κ3) is 6.16. The molecule has 1 aliphatic heterocycles. The Morgan fingerprint density at radius 3 is 2.50 bits per heavy atom. The number of likely N-dealkylation sites (tertiary alicyclic amines) is 1. The number of aliphatic hydroxyl groups excluding tert-OH is 2. The number of anilines is 3. The fourth-order valence-corrected chi connectivity index (χ4v) is 4.07. The first-order valence-corrected chi connectivity index (χ1v) is 11.9. The maximum absolute atomic E-state index is 10.0. The number of aromatic nitrogens is 4. The topological polar surface area (TPSA) is 119 Å². The molecule has 3 aromatic heterocycles. The molecule has 0 bridgehead atoms. The Balaban J connectivity index is 1.49. The van der Waals surface area contributed by atoms with Gasteiger partial charge in [0.1, 0.15) is 11.3 Å². The number of hydrogen-bond donors (Lipinski definition) is 4. The van der Waals surface area contributed by atoms with Crippen molar-refractivity contribution in [2.45, 2.75) is 58.7 Å². The van der Waals surface area contributed by atoms with Crippen LogP contribution in [0.1, 0.15) is 57.9 Å². The van der Waals surface area contributed by atoms with E-state index in [-0.39, 0.29) is 12.1 Å². The highest BCUT2D eigenvalue weighted by Gasteiger charge is 2.19. The van der Waals surface area contributed by atoms with Crippen LogP contribution >= 0.6 is 0 Å². The summed E-state index contributed by atoms with van der Waals surface area (Å²) in [6, 6.07) is 5.82. The summed E-state index contributed by atoms with van der Waals surface area (Å²) in [5, 5.41) is 26.7. The van der Waals surface area contributed by atoms with E-state index in [1.165, 1.54) is 0 Å². The first-order chi connectivity index (χ1) is 16.2. The second-order valence-corrected chi connectivity index (χ2v) is 10.2. The van der Waals surface area contributed by atoms with Gasteiger partial charge in [0.05, 0.1) is 11.8 Å². The molecule has 4 N–H and O–H groups in total. The van der Waals surface area contributed by atoms with Crippen molar-refractivity contribution in [3.8, 4) is 0 Å². The molecule has 0 aliphatic carbocycles. The molecule has 3 aromatic rings. The Hall–Kier alpha value is -2.88. The normalized spacial score (nSPS) is 16.5. The van der Waals surface area contributed by atoms with Gasteiger partial charge in [-0.15, -0.1) is 0 Å². The molecular formula is C25H35N7O2. The average molecular weight is 466 g/mol. The van der Waals surface area contributed by atoms with Crippen molar-refractivity contribution in [1.82, 2.24) is 24.8 Å². The Bertz CT molecular complexity index is 1100. The molecule has 1 saturated heterocycles. The SMILES string of the molecule is CC(O)c1cc2cnc(Nc3ccc(CN4CCC(CO)CC4)cn3)nc2c(NC(C)(C)C)n1. The van der Waals surface area contributed by atoms with E-state index in [0.717, 1.165) is 43.4 Å². The Kier molecular flexibility index (Phi) is 7.25. The Morgan fingerprint density at radius 1 is 1.12 bits per heavy atom. The van der Waals surface area contributed by atoms with Crippen LogP contribution < -0.4 is 10.6 Å². The summed E-state index contributed by atoms with van der Waals surface area (Å²) < 4.78 is 0. The number of pyridine rings is 2. The summed E-state index contributed by atoms with van der Waals surface area (Å²) in [4.78, 5) is 20.7. The van der Waals surface area contributed by atoms with Gasteiger partial charge in [0, 0.05) is 36.5 Å². The number of rotatable bonds is 7. The highest BCUT2D eigenvalue weighted by molar-refractivity contribution is 5.89. The van der Waals surface area contributed by atoms with Crippen molar-refractivity contribution in [3.63, 3.8) is 0 Å². The fraction of sp³-hybridized carbons (Fsp3) is 0.520. The molecule has 0 radical (unpaired) electrons. The van der Waals surface area contributed by atoms with Crippen molar-refractivity contribution >= 4 is 28.5 Å². The molecule has 0 saturated carbocycles. The van der Waals surface area contributed by atoms with Crippen LogP contribution in [0.15, 0.2) is 30.6 Å². The van der Waals surface area contributed by atoms with Crippen LogP contribution in [0.3, 0.4) is 0 Å². The molecule has 0 aromatic carbocycles. The zero-order valence-electron chi connectivity index (χ0n) is 20.4. The van der Waals surface area contributed by atoms with Gasteiger partial charge in [-0.3, -0.25) is 4.90 Å². The molecule has 9 nitrogen and oxygen atoms in total. The van der Waals surface area contributed by atoms with E-state index in [2.05, 4.69) is 62.3 Å². The molecule has 182 valence electrons. The Labute approximate surface area is 200 Å². The Morgan fingerprint density at radius 2 is 1.88 bits per heavy atom. The van der Waals surface area contributed by atoms with Gasteiger partial charge in [-0.05, 0) is 77.2 Å². The minimum absolute atomic E-state index is 0.222. The van der Waals surface area contributed by atoms with Gasteiger partial charge in [0.25, 0.3) is 0 Å². The standard InChI is InChI=1S/C25H35N7O2/c1-16(34)20-11-19-13-27-24(30-22(19)23(28-20)31-25(2,3)4)29-21-6-5-18(12-26-21)14-32-9-7-17(15-33)8-10-32/h5-6,11-13,16-17,33-34H,7-10,14-15H2,1-4H3,(H,28,31)(H,26,27,29,30).